The van der Waals surface area contributed by atoms with Crippen LogP contribution in [0.15, 0.2) is 24.5 Å². The number of nitrogens with zero attached hydrogens (tertiary/aromatic N) is 2. The van der Waals surface area contributed by atoms with E-state index >= 15 is 0 Å². The van der Waals surface area contributed by atoms with Gasteiger partial charge in [0.25, 0.3) is 0 Å². The summed E-state index contributed by atoms with van der Waals surface area (Å²) in [5.74, 6) is 1.21. The number of aromatic nitrogens is 2. The summed E-state index contributed by atoms with van der Waals surface area (Å²) in [7, 11) is 0. The lowest BCUT2D eigenvalue weighted by molar-refractivity contribution is 0.629. The molecule has 3 rings (SSSR count). The second-order valence-corrected chi connectivity index (χ2v) is 4.65. The highest BCUT2D eigenvalue weighted by molar-refractivity contribution is 5.88. The molecule has 1 aromatic heterocycles. The molecule has 1 saturated carbocycles. The van der Waals surface area contributed by atoms with Crippen LogP contribution in [0.25, 0.3) is 10.9 Å². The molecular formula is C13H14FN3. The largest absolute Gasteiger partial charge is 0.367 e. The third-order valence-electron chi connectivity index (χ3n) is 3.29. The zero-order valence-electron chi connectivity index (χ0n) is 9.65. The smallest absolute Gasteiger partial charge is 0.137 e. The Bertz CT molecular complexity index is 551. The Kier molecular flexibility index (Phi) is 2.42. The van der Waals surface area contributed by atoms with Crippen LogP contribution in [-0.4, -0.2) is 16.0 Å². The molecule has 1 aromatic carbocycles. The normalized spacial score (nSPS) is 17.1. The van der Waals surface area contributed by atoms with E-state index in [4.69, 9.17) is 0 Å². The molecule has 1 heterocycles. The van der Waals surface area contributed by atoms with Gasteiger partial charge in [-0.3, -0.25) is 0 Å². The third-order valence-corrected chi connectivity index (χ3v) is 3.29. The van der Waals surface area contributed by atoms with Crippen LogP contribution >= 0.6 is 0 Å². The van der Waals surface area contributed by atoms with Gasteiger partial charge in [0, 0.05) is 11.4 Å². The molecule has 0 radical (unpaired) electrons. The molecule has 0 spiro atoms. The van der Waals surface area contributed by atoms with E-state index in [0.29, 0.717) is 6.04 Å². The highest BCUT2D eigenvalue weighted by Gasteiger charge is 2.28. The lowest BCUT2D eigenvalue weighted by atomic mass is 10.2. The van der Waals surface area contributed by atoms with Crippen LogP contribution in [0.5, 0.6) is 0 Å². The molecule has 1 fully saturated rings. The van der Waals surface area contributed by atoms with Gasteiger partial charge in [-0.15, -0.1) is 0 Å². The number of hydrogen-bond donors (Lipinski definition) is 1. The Hall–Kier alpha value is -1.71. The highest BCUT2D eigenvalue weighted by Crippen LogP contribution is 2.34. The molecule has 0 saturated heterocycles. The highest BCUT2D eigenvalue weighted by atomic mass is 19.1. The molecular weight excluding hydrogens is 217 g/mol. The van der Waals surface area contributed by atoms with Gasteiger partial charge in [-0.05, 0) is 43.9 Å². The Morgan fingerprint density at radius 3 is 2.94 bits per heavy atom. The predicted molar refractivity (Wildman–Crippen MR) is 65.3 cm³/mol. The average molecular weight is 231 g/mol. The summed E-state index contributed by atoms with van der Waals surface area (Å²) in [5, 5.41) is 4.11. The maximum Gasteiger partial charge on any atom is 0.137 e. The third kappa shape index (κ3) is 2.07. The minimum absolute atomic E-state index is 0.255. The zero-order chi connectivity index (χ0) is 11.8. The molecule has 1 N–H and O–H groups in total. The summed E-state index contributed by atoms with van der Waals surface area (Å²) in [5.41, 5.74) is 0.770. The first kappa shape index (κ1) is 10.4. The van der Waals surface area contributed by atoms with Crippen molar-refractivity contribution in [2.75, 3.05) is 5.32 Å². The van der Waals surface area contributed by atoms with E-state index < -0.39 is 0 Å². The quantitative estimate of drug-likeness (QED) is 0.882. The van der Waals surface area contributed by atoms with E-state index in [2.05, 4.69) is 22.2 Å². The number of anilines is 1. The zero-order valence-corrected chi connectivity index (χ0v) is 9.65. The van der Waals surface area contributed by atoms with Crippen LogP contribution in [0.4, 0.5) is 10.2 Å². The second kappa shape index (κ2) is 3.95. The Labute approximate surface area is 99.1 Å². The maximum absolute atomic E-state index is 13.2. The van der Waals surface area contributed by atoms with Gasteiger partial charge in [0.2, 0.25) is 0 Å². The van der Waals surface area contributed by atoms with Gasteiger partial charge in [-0.25, -0.2) is 14.4 Å². The van der Waals surface area contributed by atoms with Crippen LogP contribution in [-0.2, 0) is 0 Å². The average Bonchev–Trinajstić information content (AvgIpc) is 3.13. The minimum atomic E-state index is -0.255. The molecule has 0 aliphatic heterocycles. The van der Waals surface area contributed by atoms with Crippen molar-refractivity contribution in [2.45, 2.75) is 25.8 Å². The number of halogens is 1. The van der Waals surface area contributed by atoms with Crippen molar-refractivity contribution >= 4 is 16.7 Å². The lowest BCUT2D eigenvalue weighted by Gasteiger charge is -2.14. The Morgan fingerprint density at radius 2 is 2.18 bits per heavy atom. The van der Waals surface area contributed by atoms with Crippen molar-refractivity contribution in [3.63, 3.8) is 0 Å². The summed E-state index contributed by atoms with van der Waals surface area (Å²) in [4.78, 5) is 8.34. The number of fused-ring (bicyclic) bond motifs is 1. The molecule has 88 valence electrons. The van der Waals surface area contributed by atoms with E-state index in [1.54, 1.807) is 6.07 Å². The van der Waals surface area contributed by atoms with Crippen LogP contribution in [0.1, 0.15) is 19.8 Å². The molecule has 2 aromatic rings. The van der Waals surface area contributed by atoms with Gasteiger partial charge in [0.05, 0.1) is 5.52 Å². The van der Waals surface area contributed by atoms with Gasteiger partial charge in [0.1, 0.15) is 18.0 Å². The van der Waals surface area contributed by atoms with Gasteiger partial charge in [0.15, 0.2) is 0 Å². The summed E-state index contributed by atoms with van der Waals surface area (Å²) in [6.07, 6.45) is 4.05. The van der Waals surface area contributed by atoms with Gasteiger partial charge >= 0.3 is 0 Å². The molecule has 4 heteroatoms. The Morgan fingerprint density at radius 1 is 1.35 bits per heavy atom. The van der Waals surface area contributed by atoms with Gasteiger partial charge < -0.3 is 5.32 Å². The van der Waals surface area contributed by atoms with E-state index in [-0.39, 0.29) is 5.82 Å². The first-order valence-corrected chi connectivity index (χ1v) is 5.91. The summed E-state index contributed by atoms with van der Waals surface area (Å²) in [6, 6.07) is 4.97. The maximum atomic E-state index is 13.2. The predicted octanol–water partition coefficient (Wildman–Crippen LogP) is 2.98. The van der Waals surface area contributed by atoms with E-state index in [9.17, 15) is 4.39 Å². The van der Waals surface area contributed by atoms with Crippen molar-refractivity contribution in [1.29, 1.82) is 0 Å². The van der Waals surface area contributed by atoms with E-state index in [1.807, 2.05) is 0 Å². The lowest BCUT2D eigenvalue weighted by Crippen LogP contribution is -2.18. The van der Waals surface area contributed by atoms with Crippen molar-refractivity contribution in [2.24, 2.45) is 5.92 Å². The SMILES string of the molecule is CC(Nc1ncnc2ccc(F)cc12)C1CC1. The molecule has 0 bridgehead atoms. The number of hydrogen-bond acceptors (Lipinski definition) is 3. The van der Waals surface area contributed by atoms with Crippen LogP contribution in [0.2, 0.25) is 0 Å². The second-order valence-electron chi connectivity index (χ2n) is 4.65. The molecule has 3 nitrogen and oxygen atoms in total. The van der Waals surface area contributed by atoms with Crippen molar-refractivity contribution in [3.05, 3.63) is 30.3 Å². The van der Waals surface area contributed by atoms with E-state index in [1.165, 1.54) is 31.3 Å². The van der Waals surface area contributed by atoms with Crippen LogP contribution < -0.4 is 5.32 Å². The van der Waals surface area contributed by atoms with E-state index in [0.717, 1.165) is 22.6 Å². The molecule has 1 aliphatic carbocycles. The fourth-order valence-corrected chi connectivity index (χ4v) is 2.07. The first-order valence-electron chi connectivity index (χ1n) is 5.91. The summed E-state index contributed by atoms with van der Waals surface area (Å²) in [6.45, 7) is 2.14. The summed E-state index contributed by atoms with van der Waals surface area (Å²) < 4.78 is 13.2. The van der Waals surface area contributed by atoms with Crippen molar-refractivity contribution < 1.29 is 4.39 Å². The fourth-order valence-electron chi connectivity index (χ4n) is 2.07. The monoisotopic (exact) mass is 231 g/mol. The number of rotatable bonds is 3. The van der Waals surface area contributed by atoms with Gasteiger partial charge in [-0.2, -0.15) is 0 Å². The number of nitrogens with one attached hydrogen (secondary N) is 1. The molecule has 1 atom stereocenters. The molecule has 1 unspecified atom stereocenters. The van der Waals surface area contributed by atoms with Crippen LogP contribution in [0, 0.1) is 11.7 Å². The fraction of sp³-hybridized carbons (Fsp3) is 0.385. The van der Waals surface area contributed by atoms with Crippen molar-refractivity contribution in [3.8, 4) is 0 Å². The first-order chi connectivity index (χ1) is 8.24. The molecule has 17 heavy (non-hydrogen) atoms. The standard InChI is InChI=1S/C13H14FN3/c1-8(9-2-3-9)17-13-11-6-10(14)4-5-12(11)15-7-16-13/h4-9H,2-3H2,1H3,(H,15,16,17). The minimum Gasteiger partial charge on any atom is -0.367 e. The summed E-state index contributed by atoms with van der Waals surface area (Å²) >= 11 is 0. The molecule has 0 amide bonds. The van der Waals surface area contributed by atoms with Crippen molar-refractivity contribution in [1.82, 2.24) is 9.97 Å². The van der Waals surface area contributed by atoms with Gasteiger partial charge in [-0.1, -0.05) is 0 Å². The van der Waals surface area contributed by atoms with Crippen LogP contribution in [0.3, 0.4) is 0 Å². The number of benzene rings is 1. The molecule has 1 aliphatic rings. The topological polar surface area (TPSA) is 37.8 Å². The Balaban J connectivity index is 1.99.